The van der Waals surface area contributed by atoms with Gasteiger partial charge >= 0.3 is 0 Å². The van der Waals surface area contributed by atoms with Crippen molar-refractivity contribution in [1.29, 1.82) is 0 Å². The highest BCUT2D eigenvalue weighted by Gasteiger charge is 2.16. The molecule has 0 aromatic carbocycles. The van der Waals surface area contributed by atoms with Crippen LogP contribution >= 0.6 is 11.8 Å². The fourth-order valence-electron chi connectivity index (χ4n) is 2.41. The standard InChI is InChI=1S/C13H16N2OS/c16-12-4-1-5-15-8-11(14-13(12)15)7-10-3-2-6-17-9-10/h1,4-5,8,10,16H,2-3,6-7,9H2. The molecule has 2 aromatic heterocycles. The maximum atomic E-state index is 9.70. The minimum absolute atomic E-state index is 0.261. The Morgan fingerprint density at radius 2 is 2.47 bits per heavy atom. The van der Waals surface area contributed by atoms with Gasteiger partial charge in [-0.1, -0.05) is 0 Å². The van der Waals surface area contributed by atoms with E-state index in [1.807, 2.05) is 34.6 Å². The molecule has 0 aliphatic carbocycles. The third-order valence-corrected chi connectivity index (χ3v) is 4.55. The normalized spacial score (nSPS) is 20.8. The van der Waals surface area contributed by atoms with E-state index in [4.69, 9.17) is 0 Å². The molecule has 0 bridgehead atoms. The molecule has 1 N–H and O–H groups in total. The third-order valence-electron chi connectivity index (χ3n) is 3.26. The molecular formula is C13H16N2OS. The van der Waals surface area contributed by atoms with Crippen LogP contribution in [0.2, 0.25) is 0 Å². The zero-order valence-electron chi connectivity index (χ0n) is 9.67. The van der Waals surface area contributed by atoms with E-state index in [2.05, 4.69) is 4.98 Å². The fraction of sp³-hybridized carbons (Fsp3) is 0.462. The predicted octanol–water partition coefficient (Wildman–Crippen LogP) is 2.73. The van der Waals surface area contributed by atoms with Crippen LogP contribution in [-0.2, 0) is 6.42 Å². The van der Waals surface area contributed by atoms with Gasteiger partial charge in [-0.05, 0) is 48.8 Å². The summed E-state index contributed by atoms with van der Waals surface area (Å²) >= 11 is 2.05. The van der Waals surface area contributed by atoms with Crippen LogP contribution in [0.3, 0.4) is 0 Å². The Morgan fingerprint density at radius 1 is 1.53 bits per heavy atom. The summed E-state index contributed by atoms with van der Waals surface area (Å²) in [6.07, 6.45) is 7.64. The number of aromatic hydroxyl groups is 1. The summed E-state index contributed by atoms with van der Waals surface area (Å²) in [6, 6.07) is 3.52. The van der Waals surface area contributed by atoms with E-state index in [-0.39, 0.29) is 5.75 Å². The van der Waals surface area contributed by atoms with Crippen molar-refractivity contribution in [2.45, 2.75) is 19.3 Å². The molecule has 4 heteroatoms. The molecule has 90 valence electrons. The summed E-state index contributed by atoms with van der Waals surface area (Å²) in [5, 5.41) is 9.70. The minimum Gasteiger partial charge on any atom is -0.504 e. The highest BCUT2D eigenvalue weighted by atomic mass is 32.2. The van der Waals surface area contributed by atoms with Crippen molar-refractivity contribution < 1.29 is 5.11 Å². The third kappa shape index (κ3) is 2.27. The largest absolute Gasteiger partial charge is 0.504 e. The lowest BCUT2D eigenvalue weighted by Crippen LogP contribution is -2.13. The number of rotatable bonds is 2. The van der Waals surface area contributed by atoms with E-state index in [0.29, 0.717) is 5.65 Å². The topological polar surface area (TPSA) is 37.5 Å². The summed E-state index contributed by atoms with van der Waals surface area (Å²) in [4.78, 5) is 4.51. The van der Waals surface area contributed by atoms with Gasteiger partial charge in [-0.15, -0.1) is 0 Å². The van der Waals surface area contributed by atoms with E-state index in [1.165, 1.54) is 24.3 Å². The summed E-state index contributed by atoms with van der Waals surface area (Å²) in [5.41, 5.74) is 1.77. The smallest absolute Gasteiger partial charge is 0.179 e. The predicted molar refractivity (Wildman–Crippen MR) is 70.6 cm³/mol. The molecule has 3 heterocycles. The Bertz CT molecular complexity index is 517. The Hall–Kier alpha value is -1.16. The van der Waals surface area contributed by atoms with Gasteiger partial charge < -0.3 is 9.51 Å². The zero-order valence-corrected chi connectivity index (χ0v) is 10.5. The molecule has 1 saturated heterocycles. The second-order valence-corrected chi connectivity index (χ2v) is 5.79. The van der Waals surface area contributed by atoms with Gasteiger partial charge in [-0.2, -0.15) is 11.8 Å². The monoisotopic (exact) mass is 248 g/mol. The van der Waals surface area contributed by atoms with Crippen molar-refractivity contribution in [3.63, 3.8) is 0 Å². The van der Waals surface area contributed by atoms with Crippen molar-refractivity contribution in [3.05, 3.63) is 30.2 Å². The van der Waals surface area contributed by atoms with Crippen LogP contribution < -0.4 is 0 Å². The zero-order chi connectivity index (χ0) is 11.7. The van der Waals surface area contributed by atoms with Gasteiger partial charge in [-0.3, -0.25) is 0 Å². The first-order valence-corrected chi connectivity index (χ1v) is 7.22. The first-order chi connectivity index (χ1) is 8.33. The molecule has 17 heavy (non-hydrogen) atoms. The molecule has 0 amide bonds. The summed E-state index contributed by atoms with van der Waals surface area (Å²) in [6.45, 7) is 0. The van der Waals surface area contributed by atoms with Gasteiger partial charge in [0.15, 0.2) is 11.4 Å². The SMILES string of the molecule is Oc1cccn2cc(CC3CCCSC3)nc12. The first-order valence-electron chi connectivity index (χ1n) is 6.06. The number of aromatic nitrogens is 2. The van der Waals surface area contributed by atoms with Crippen molar-refractivity contribution in [2.75, 3.05) is 11.5 Å². The molecule has 3 rings (SSSR count). The van der Waals surface area contributed by atoms with Crippen molar-refractivity contribution in [3.8, 4) is 5.75 Å². The average Bonchev–Trinajstić information content (AvgIpc) is 2.74. The molecular weight excluding hydrogens is 232 g/mol. The van der Waals surface area contributed by atoms with E-state index in [1.54, 1.807) is 6.07 Å². The molecule has 0 spiro atoms. The summed E-state index contributed by atoms with van der Waals surface area (Å²) in [5.74, 6) is 3.57. The molecule has 0 saturated carbocycles. The van der Waals surface area contributed by atoms with Crippen LogP contribution in [0.5, 0.6) is 5.75 Å². The first kappa shape index (κ1) is 11.0. The number of fused-ring (bicyclic) bond motifs is 1. The Balaban J connectivity index is 1.83. The fourth-order valence-corrected chi connectivity index (χ4v) is 3.57. The number of nitrogens with zero attached hydrogens (tertiary/aromatic N) is 2. The van der Waals surface area contributed by atoms with Gasteiger partial charge in [0.25, 0.3) is 0 Å². The number of pyridine rings is 1. The lowest BCUT2D eigenvalue weighted by Gasteiger charge is -2.19. The molecule has 0 radical (unpaired) electrons. The van der Waals surface area contributed by atoms with E-state index < -0.39 is 0 Å². The lowest BCUT2D eigenvalue weighted by molar-refractivity contribution is 0.477. The quantitative estimate of drug-likeness (QED) is 0.888. The summed E-state index contributed by atoms with van der Waals surface area (Å²) < 4.78 is 1.90. The molecule has 1 atom stereocenters. The lowest BCUT2D eigenvalue weighted by atomic mass is 10.00. The molecule has 1 unspecified atom stereocenters. The van der Waals surface area contributed by atoms with Gasteiger partial charge in [0, 0.05) is 12.4 Å². The van der Waals surface area contributed by atoms with Gasteiger partial charge in [-0.25, -0.2) is 4.98 Å². The van der Waals surface area contributed by atoms with Crippen molar-refractivity contribution in [1.82, 2.24) is 9.38 Å². The summed E-state index contributed by atoms with van der Waals surface area (Å²) in [7, 11) is 0. The molecule has 1 fully saturated rings. The second-order valence-electron chi connectivity index (χ2n) is 4.64. The van der Waals surface area contributed by atoms with Crippen LogP contribution in [0.15, 0.2) is 24.5 Å². The van der Waals surface area contributed by atoms with Crippen LogP contribution in [0, 0.1) is 5.92 Å². The molecule has 3 nitrogen and oxygen atoms in total. The average molecular weight is 248 g/mol. The number of hydrogen-bond acceptors (Lipinski definition) is 3. The minimum atomic E-state index is 0.261. The van der Waals surface area contributed by atoms with Crippen molar-refractivity contribution >= 4 is 17.4 Å². The van der Waals surface area contributed by atoms with Gasteiger partial charge in [0.05, 0.1) is 5.69 Å². The highest BCUT2D eigenvalue weighted by Crippen LogP contribution is 2.26. The number of thioether (sulfide) groups is 1. The molecule has 1 aliphatic rings. The van der Waals surface area contributed by atoms with Crippen LogP contribution in [0.4, 0.5) is 0 Å². The van der Waals surface area contributed by atoms with E-state index in [9.17, 15) is 5.11 Å². The van der Waals surface area contributed by atoms with Gasteiger partial charge in [0.2, 0.25) is 0 Å². The maximum Gasteiger partial charge on any atom is 0.179 e. The van der Waals surface area contributed by atoms with Crippen LogP contribution in [0.1, 0.15) is 18.5 Å². The Labute approximate surface area is 105 Å². The Morgan fingerprint density at radius 3 is 3.24 bits per heavy atom. The molecule has 2 aromatic rings. The highest BCUT2D eigenvalue weighted by molar-refractivity contribution is 7.99. The maximum absolute atomic E-state index is 9.70. The van der Waals surface area contributed by atoms with E-state index >= 15 is 0 Å². The van der Waals surface area contributed by atoms with Crippen LogP contribution in [-0.4, -0.2) is 26.0 Å². The molecule has 1 aliphatic heterocycles. The van der Waals surface area contributed by atoms with Crippen molar-refractivity contribution in [2.24, 2.45) is 5.92 Å². The van der Waals surface area contributed by atoms with E-state index in [0.717, 1.165) is 18.0 Å². The Kier molecular flexibility index (Phi) is 2.97. The van der Waals surface area contributed by atoms with Gasteiger partial charge in [0.1, 0.15) is 0 Å². The number of hydrogen-bond donors (Lipinski definition) is 1. The second kappa shape index (κ2) is 4.61. The van der Waals surface area contributed by atoms with Crippen LogP contribution in [0.25, 0.3) is 5.65 Å². The number of imidazole rings is 1.